The third-order valence-electron chi connectivity index (χ3n) is 5.58. The second-order valence-corrected chi connectivity index (χ2v) is 7.49. The first-order valence-electron chi connectivity index (χ1n) is 10.1. The van der Waals surface area contributed by atoms with Crippen molar-refractivity contribution >= 4 is 23.3 Å². The van der Waals surface area contributed by atoms with Gasteiger partial charge < -0.3 is 20.3 Å². The maximum Gasteiger partial charge on any atom is 0.322 e. The maximum absolute atomic E-state index is 12.7. The molecule has 2 heterocycles. The van der Waals surface area contributed by atoms with Gasteiger partial charge in [-0.3, -0.25) is 4.79 Å². The Balaban J connectivity index is 1.43. The number of ether oxygens (including phenoxy) is 1. The molecule has 4 rings (SSSR count). The Labute approximate surface area is 169 Å². The van der Waals surface area contributed by atoms with E-state index in [9.17, 15) is 9.59 Å². The fourth-order valence-corrected chi connectivity index (χ4v) is 3.92. The molecular formula is C20H26N6O3. The van der Waals surface area contributed by atoms with E-state index in [0.29, 0.717) is 36.8 Å². The van der Waals surface area contributed by atoms with E-state index in [1.807, 2.05) is 0 Å². The Kier molecular flexibility index (Phi) is 5.64. The molecular weight excluding hydrogens is 372 g/mol. The molecule has 1 saturated carbocycles. The molecule has 154 valence electrons. The van der Waals surface area contributed by atoms with Crippen molar-refractivity contribution in [1.82, 2.24) is 19.7 Å². The van der Waals surface area contributed by atoms with Crippen LogP contribution in [0.4, 0.5) is 16.2 Å². The van der Waals surface area contributed by atoms with Crippen LogP contribution in [0.25, 0.3) is 0 Å². The predicted octanol–water partition coefficient (Wildman–Crippen LogP) is 2.85. The van der Waals surface area contributed by atoms with Crippen LogP contribution >= 0.6 is 0 Å². The summed E-state index contributed by atoms with van der Waals surface area (Å²) >= 11 is 0. The molecule has 1 aromatic heterocycles. The molecule has 0 spiro atoms. The van der Waals surface area contributed by atoms with Gasteiger partial charge in [0.15, 0.2) is 0 Å². The minimum Gasteiger partial charge on any atom is -0.495 e. The van der Waals surface area contributed by atoms with Crippen LogP contribution in [0.3, 0.4) is 0 Å². The van der Waals surface area contributed by atoms with Gasteiger partial charge in [-0.2, -0.15) is 5.10 Å². The Bertz CT molecular complexity index is 890. The fourth-order valence-electron chi connectivity index (χ4n) is 3.92. The zero-order valence-corrected chi connectivity index (χ0v) is 16.6. The lowest BCUT2D eigenvalue weighted by Crippen LogP contribution is -2.41. The van der Waals surface area contributed by atoms with E-state index in [1.165, 1.54) is 12.7 Å². The van der Waals surface area contributed by atoms with E-state index < -0.39 is 0 Å². The van der Waals surface area contributed by atoms with Gasteiger partial charge in [-0.25, -0.2) is 14.5 Å². The van der Waals surface area contributed by atoms with Crippen molar-refractivity contribution in [3.63, 3.8) is 0 Å². The average Bonchev–Trinajstić information content (AvgIpc) is 3.22. The van der Waals surface area contributed by atoms with Gasteiger partial charge in [-0.1, -0.05) is 19.3 Å². The molecule has 3 amide bonds. The number of fused-ring (bicyclic) bond motifs is 1. The molecule has 1 fully saturated rings. The summed E-state index contributed by atoms with van der Waals surface area (Å²) < 4.78 is 7.19. The molecule has 9 heteroatoms. The normalized spacial score (nSPS) is 16.8. The summed E-state index contributed by atoms with van der Waals surface area (Å²) in [5, 5.41) is 10.0. The van der Waals surface area contributed by atoms with E-state index in [0.717, 1.165) is 31.5 Å². The summed E-state index contributed by atoms with van der Waals surface area (Å²) in [6, 6.07) is 5.04. The highest BCUT2D eigenvalue weighted by Gasteiger charge is 2.24. The van der Waals surface area contributed by atoms with Gasteiger partial charge in [-0.15, -0.1) is 0 Å². The lowest BCUT2D eigenvalue weighted by Gasteiger charge is -2.27. The first-order chi connectivity index (χ1) is 14.1. The Morgan fingerprint density at radius 3 is 2.76 bits per heavy atom. The number of amides is 3. The number of carbonyl (C=O) groups is 2. The van der Waals surface area contributed by atoms with Crippen molar-refractivity contribution in [2.45, 2.75) is 45.2 Å². The molecule has 9 nitrogen and oxygen atoms in total. The maximum atomic E-state index is 12.7. The highest BCUT2D eigenvalue weighted by Crippen LogP contribution is 2.31. The Morgan fingerprint density at radius 2 is 1.97 bits per heavy atom. The predicted molar refractivity (Wildman–Crippen MR) is 108 cm³/mol. The summed E-state index contributed by atoms with van der Waals surface area (Å²) in [4.78, 5) is 31.2. The first-order valence-corrected chi connectivity index (χ1v) is 10.1. The lowest BCUT2D eigenvalue weighted by molar-refractivity contribution is -0.120. The molecule has 1 aliphatic carbocycles. The van der Waals surface area contributed by atoms with Gasteiger partial charge in [0, 0.05) is 18.2 Å². The minimum absolute atomic E-state index is 0.0156. The topological polar surface area (TPSA) is 101 Å². The van der Waals surface area contributed by atoms with E-state index in [2.05, 4.69) is 20.7 Å². The number of nitrogens with one attached hydrogen (secondary N) is 2. The second kappa shape index (κ2) is 8.50. The Morgan fingerprint density at radius 1 is 1.14 bits per heavy atom. The van der Waals surface area contributed by atoms with Crippen LogP contribution in [0, 0.1) is 5.92 Å². The third kappa shape index (κ3) is 4.33. The molecule has 0 unspecified atom stereocenters. The minimum atomic E-state index is -0.214. The van der Waals surface area contributed by atoms with Gasteiger partial charge in [-0.05, 0) is 31.0 Å². The zero-order valence-electron chi connectivity index (χ0n) is 16.6. The van der Waals surface area contributed by atoms with E-state index in [-0.39, 0.29) is 17.9 Å². The van der Waals surface area contributed by atoms with Crippen molar-refractivity contribution in [2.75, 3.05) is 24.3 Å². The summed E-state index contributed by atoms with van der Waals surface area (Å²) in [5.41, 5.74) is 1.17. The quantitative estimate of drug-likeness (QED) is 0.825. The van der Waals surface area contributed by atoms with E-state index in [4.69, 9.17) is 4.74 Å². The number of urea groups is 1. The summed E-state index contributed by atoms with van der Waals surface area (Å²) in [6.45, 7) is 1.59. The van der Waals surface area contributed by atoms with Gasteiger partial charge in [0.2, 0.25) is 5.91 Å². The van der Waals surface area contributed by atoms with Crippen molar-refractivity contribution in [3.05, 3.63) is 30.4 Å². The number of methoxy groups -OCH3 is 1. The highest BCUT2D eigenvalue weighted by atomic mass is 16.5. The number of nitrogens with zero attached hydrogens (tertiary/aromatic N) is 4. The monoisotopic (exact) mass is 398 g/mol. The molecule has 29 heavy (non-hydrogen) atoms. The van der Waals surface area contributed by atoms with E-state index in [1.54, 1.807) is 34.9 Å². The van der Waals surface area contributed by atoms with Crippen molar-refractivity contribution < 1.29 is 14.3 Å². The standard InChI is InChI=1S/C20H26N6O3/c1-29-17-8-7-15(11-16(17)24-19(27)14-5-3-2-4-6-14)23-20(28)25-9-10-26-18(12-25)21-13-22-26/h7-8,11,13-14H,2-6,9-10,12H2,1H3,(H,23,28)(H,24,27). The number of rotatable bonds is 4. The Hall–Kier alpha value is -3.10. The van der Waals surface area contributed by atoms with Crippen LogP contribution < -0.4 is 15.4 Å². The molecule has 0 bridgehead atoms. The van der Waals surface area contributed by atoms with Crippen molar-refractivity contribution in [1.29, 1.82) is 0 Å². The van der Waals surface area contributed by atoms with Crippen LogP contribution in [-0.4, -0.2) is 45.3 Å². The number of hydrogen-bond donors (Lipinski definition) is 2. The number of carbonyl (C=O) groups excluding carboxylic acids is 2. The van der Waals surface area contributed by atoms with E-state index >= 15 is 0 Å². The molecule has 0 saturated heterocycles. The zero-order chi connectivity index (χ0) is 20.2. The first kappa shape index (κ1) is 19.2. The summed E-state index contributed by atoms with van der Waals surface area (Å²) in [7, 11) is 1.56. The van der Waals surface area contributed by atoms with Crippen LogP contribution in [0.15, 0.2) is 24.5 Å². The SMILES string of the molecule is COc1ccc(NC(=O)N2CCn3ncnc3C2)cc1NC(=O)C1CCCCC1. The van der Waals surface area contributed by atoms with Gasteiger partial charge in [0.1, 0.15) is 17.9 Å². The third-order valence-corrected chi connectivity index (χ3v) is 5.58. The molecule has 2 aliphatic rings. The van der Waals surface area contributed by atoms with Gasteiger partial charge in [0.05, 0.1) is 25.9 Å². The smallest absolute Gasteiger partial charge is 0.322 e. The average molecular weight is 398 g/mol. The molecule has 2 aromatic rings. The van der Waals surface area contributed by atoms with Crippen LogP contribution in [-0.2, 0) is 17.9 Å². The van der Waals surface area contributed by atoms with Crippen LogP contribution in [0.2, 0.25) is 0 Å². The summed E-state index contributed by atoms with van der Waals surface area (Å²) in [5.74, 6) is 1.39. The molecule has 0 atom stereocenters. The van der Waals surface area contributed by atoms with Gasteiger partial charge in [0.25, 0.3) is 0 Å². The molecule has 1 aliphatic heterocycles. The molecule has 0 radical (unpaired) electrons. The molecule has 1 aromatic carbocycles. The largest absolute Gasteiger partial charge is 0.495 e. The number of benzene rings is 1. The van der Waals surface area contributed by atoms with Crippen molar-refractivity contribution in [2.24, 2.45) is 5.92 Å². The number of anilines is 2. The summed E-state index contributed by atoms with van der Waals surface area (Å²) in [6.07, 6.45) is 6.72. The number of hydrogen-bond acceptors (Lipinski definition) is 5. The molecule has 2 N–H and O–H groups in total. The van der Waals surface area contributed by atoms with Crippen LogP contribution in [0.1, 0.15) is 37.9 Å². The highest BCUT2D eigenvalue weighted by molar-refractivity contribution is 5.96. The second-order valence-electron chi connectivity index (χ2n) is 7.49. The van der Waals surface area contributed by atoms with Gasteiger partial charge >= 0.3 is 6.03 Å². The van der Waals surface area contributed by atoms with Crippen LogP contribution in [0.5, 0.6) is 5.75 Å². The lowest BCUT2D eigenvalue weighted by atomic mass is 9.88. The fraction of sp³-hybridized carbons (Fsp3) is 0.500. The van der Waals surface area contributed by atoms with Crippen molar-refractivity contribution in [3.8, 4) is 5.75 Å². The number of aromatic nitrogens is 3.